The lowest BCUT2D eigenvalue weighted by Gasteiger charge is -2.40. The lowest BCUT2D eigenvalue weighted by atomic mass is 9.71. The first-order valence-electron chi connectivity index (χ1n) is 11.7. The lowest BCUT2D eigenvalue weighted by Crippen LogP contribution is -2.52. The summed E-state index contributed by atoms with van der Waals surface area (Å²) in [5, 5.41) is 24.0. The van der Waals surface area contributed by atoms with Gasteiger partial charge in [-0.05, 0) is 43.5 Å². The number of aliphatic hydroxyl groups excluding tert-OH is 1. The van der Waals surface area contributed by atoms with Crippen molar-refractivity contribution in [3.63, 3.8) is 0 Å². The van der Waals surface area contributed by atoms with Gasteiger partial charge in [-0.1, -0.05) is 42.5 Å². The number of methoxy groups -OCH3 is 1. The van der Waals surface area contributed by atoms with E-state index in [-0.39, 0.29) is 5.92 Å². The molecular weight excluding hydrogens is 432 g/mol. The summed E-state index contributed by atoms with van der Waals surface area (Å²) in [5.41, 5.74) is -0.840. The largest absolute Gasteiger partial charge is 0.497 e. The van der Waals surface area contributed by atoms with Gasteiger partial charge in [-0.3, -0.25) is 0 Å². The summed E-state index contributed by atoms with van der Waals surface area (Å²) in [6, 6.07) is 20.9. The van der Waals surface area contributed by atoms with Crippen LogP contribution in [0.25, 0.3) is 0 Å². The Balaban J connectivity index is 1.78. The average Bonchev–Trinajstić information content (AvgIpc) is 3.25. The predicted molar refractivity (Wildman–Crippen MR) is 128 cm³/mol. The smallest absolute Gasteiger partial charge is 0.176 e. The van der Waals surface area contributed by atoms with Crippen LogP contribution in [0.5, 0.6) is 23.0 Å². The zero-order valence-electron chi connectivity index (χ0n) is 19.7. The molecule has 4 unspecified atom stereocenters. The van der Waals surface area contributed by atoms with Gasteiger partial charge >= 0.3 is 0 Å². The Kier molecular flexibility index (Phi) is 5.66. The molecule has 6 heteroatoms. The summed E-state index contributed by atoms with van der Waals surface area (Å²) in [5.74, 6) is 1.87. The van der Waals surface area contributed by atoms with Crippen LogP contribution < -0.4 is 18.9 Å². The first-order valence-corrected chi connectivity index (χ1v) is 11.7. The highest BCUT2D eigenvalue weighted by Crippen LogP contribution is 2.68. The Hall–Kier alpha value is -3.22. The van der Waals surface area contributed by atoms with Crippen LogP contribution in [0.3, 0.4) is 0 Å². The van der Waals surface area contributed by atoms with Gasteiger partial charge in [0.15, 0.2) is 11.2 Å². The number of hydrogen-bond donors (Lipinski definition) is 2. The van der Waals surface area contributed by atoms with Gasteiger partial charge in [-0.2, -0.15) is 0 Å². The Labute approximate surface area is 199 Å². The van der Waals surface area contributed by atoms with Crippen molar-refractivity contribution in [2.24, 2.45) is 0 Å². The third-order valence-corrected chi connectivity index (χ3v) is 7.02. The maximum atomic E-state index is 12.5. The predicted octanol–water partition coefficient (Wildman–Crippen LogP) is 4.52. The number of benzene rings is 3. The molecule has 3 aromatic carbocycles. The van der Waals surface area contributed by atoms with Crippen molar-refractivity contribution in [1.82, 2.24) is 0 Å². The Bertz CT molecular complexity index is 1160. The summed E-state index contributed by atoms with van der Waals surface area (Å²) in [6.45, 7) is 4.66. The minimum absolute atomic E-state index is 0.320. The number of rotatable bonds is 7. The molecule has 0 saturated heterocycles. The maximum Gasteiger partial charge on any atom is 0.176 e. The van der Waals surface area contributed by atoms with Crippen LogP contribution in [-0.2, 0) is 11.2 Å². The zero-order chi connectivity index (χ0) is 23.9. The summed E-state index contributed by atoms with van der Waals surface area (Å²) < 4.78 is 23.9. The van der Waals surface area contributed by atoms with E-state index in [1.165, 1.54) is 0 Å². The molecule has 1 heterocycles. The lowest BCUT2D eigenvalue weighted by molar-refractivity contribution is -0.150. The van der Waals surface area contributed by atoms with Crippen LogP contribution in [0, 0.1) is 0 Å². The summed E-state index contributed by atoms with van der Waals surface area (Å²) in [7, 11) is 1.61. The molecule has 2 N–H and O–H groups in total. The van der Waals surface area contributed by atoms with E-state index < -0.39 is 17.3 Å². The van der Waals surface area contributed by atoms with E-state index in [2.05, 4.69) is 0 Å². The summed E-state index contributed by atoms with van der Waals surface area (Å²) in [6.07, 6.45) is -0.761. The van der Waals surface area contributed by atoms with Crippen molar-refractivity contribution >= 4 is 0 Å². The minimum atomic E-state index is -1.74. The molecule has 2 aliphatic rings. The van der Waals surface area contributed by atoms with Crippen molar-refractivity contribution in [3.8, 4) is 23.0 Å². The topological polar surface area (TPSA) is 77.4 Å². The molecular formula is C28H30O6. The van der Waals surface area contributed by atoms with Crippen LogP contribution >= 0.6 is 0 Å². The van der Waals surface area contributed by atoms with Gasteiger partial charge < -0.3 is 29.2 Å². The molecule has 6 nitrogen and oxygen atoms in total. The van der Waals surface area contributed by atoms with Gasteiger partial charge in [0.05, 0.1) is 32.0 Å². The van der Waals surface area contributed by atoms with E-state index in [1.54, 1.807) is 19.2 Å². The van der Waals surface area contributed by atoms with E-state index >= 15 is 0 Å². The fourth-order valence-corrected chi connectivity index (χ4v) is 5.66. The minimum Gasteiger partial charge on any atom is -0.497 e. The van der Waals surface area contributed by atoms with Crippen molar-refractivity contribution in [1.29, 1.82) is 0 Å². The Morgan fingerprint density at radius 3 is 2.29 bits per heavy atom. The number of ether oxygens (including phenoxy) is 4. The van der Waals surface area contributed by atoms with E-state index in [9.17, 15) is 10.2 Å². The third-order valence-electron chi connectivity index (χ3n) is 7.02. The summed E-state index contributed by atoms with van der Waals surface area (Å²) >= 11 is 0. The Morgan fingerprint density at radius 1 is 0.941 bits per heavy atom. The number of fused-ring (bicyclic) bond motifs is 3. The molecule has 0 aromatic heterocycles. The van der Waals surface area contributed by atoms with Gasteiger partial charge in [0.2, 0.25) is 0 Å². The molecule has 0 radical (unpaired) electrons. The molecule has 178 valence electrons. The fourth-order valence-electron chi connectivity index (χ4n) is 5.66. The van der Waals surface area contributed by atoms with Gasteiger partial charge in [0.25, 0.3) is 0 Å². The van der Waals surface area contributed by atoms with E-state index in [0.29, 0.717) is 48.2 Å². The average molecular weight is 463 g/mol. The quantitative estimate of drug-likeness (QED) is 0.538. The summed E-state index contributed by atoms with van der Waals surface area (Å²) in [4.78, 5) is 0. The third kappa shape index (κ3) is 3.09. The highest BCUT2D eigenvalue weighted by atomic mass is 16.5. The van der Waals surface area contributed by atoms with Crippen molar-refractivity contribution in [3.05, 3.63) is 83.4 Å². The second-order valence-corrected chi connectivity index (χ2v) is 8.71. The van der Waals surface area contributed by atoms with Crippen LogP contribution in [0.1, 0.15) is 42.9 Å². The molecule has 5 rings (SSSR count). The van der Waals surface area contributed by atoms with E-state index in [0.717, 1.165) is 11.1 Å². The second kappa shape index (κ2) is 8.53. The molecule has 1 aliphatic heterocycles. The molecule has 0 bridgehead atoms. The molecule has 3 aromatic rings. The fraction of sp³-hybridized carbons (Fsp3) is 0.357. The van der Waals surface area contributed by atoms with Crippen LogP contribution in [0.2, 0.25) is 0 Å². The van der Waals surface area contributed by atoms with Gasteiger partial charge in [-0.15, -0.1) is 0 Å². The first-order chi connectivity index (χ1) is 16.5. The van der Waals surface area contributed by atoms with Crippen LogP contribution in [0.4, 0.5) is 0 Å². The molecule has 1 fully saturated rings. The molecule has 0 spiro atoms. The molecule has 0 amide bonds. The maximum absolute atomic E-state index is 12.5. The first kappa shape index (κ1) is 22.6. The SMILES string of the molecule is CCOc1cc(OCC)c2c(c1)OC1(c3ccc(OC)cc3)C(c3ccccc3)CC(O)C21O. The Morgan fingerprint density at radius 2 is 1.65 bits per heavy atom. The molecule has 1 aliphatic carbocycles. The van der Waals surface area contributed by atoms with Gasteiger partial charge in [-0.25, -0.2) is 0 Å². The number of hydrogen-bond acceptors (Lipinski definition) is 6. The van der Waals surface area contributed by atoms with Gasteiger partial charge in [0, 0.05) is 18.1 Å². The van der Waals surface area contributed by atoms with E-state index in [4.69, 9.17) is 18.9 Å². The molecule has 34 heavy (non-hydrogen) atoms. The highest BCUT2D eigenvalue weighted by Gasteiger charge is 2.73. The number of aliphatic hydroxyl groups is 2. The van der Waals surface area contributed by atoms with E-state index in [1.807, 2.05) is 68.4 Å². The van der Waals surface area contributed by atoms with Crippen LogP contribution in [0.15, 0.2) is 66.7 Å². The second-order valence-electron chi connectivity index (χ2n) is 8.71. The van der Waals surface area contributed by atoms with Crippen molar-refractivity contribution in [2.45, 2.75) is 43.5 Å². The van der Waals surface area contributed by atoms with Crippen LogP contribution in [-0.4, -0.2) is 36.6 Å². The van der Waals surface area contributed by atoms with Gasteiger partial charge in [0.1, 0.15) is 23.0 Å². The monoisotopic (exact) mass is 462 g/mol. The highest BCUT2D eigenvalue weighted by molar-refractivity contribution is 5.62. The molecule has 4 atom stereocenters. The molecule has 1 saturated carbocycles. The van der Waals surface area contributed by atoms with Crippen molar-refractivity contribution < 1.29 is 29.2 Å². The zero-order valence-corrected chi connectivity index (χ0v) is 19.7. The standard InChI is InChI=1S/C28H30O6/c1-4-32-21-15-23(33-5-2)26-24(16-21)34-28(19-11-13-20(31-3)14-12-19)22(17-25(29)27(26,28)30)18-9-7-6-8-10-18/h6-16,22,25,29-30H,4-5,17H2,1-3H3. The normalized spacial score (nSPS) is 27.0. The van der Waals surface area contributed by atoms with Crippen molar-refractivity contribution in [2.75, 3.05) is 20.3 Å².